The van der Waals surface area contributed by atoms with Crippen molar-refractivity contribution in [3.63, 3.8) is 0 Å². The summed E-state index contributed by atoms with van der Waals surface area (Å²) in [5.41, 5.74) is 7.38. The van der Waals surface area contributed by atoms with Crippen LogP contribution in [0, 0.1) is 0 Å². The maximum atomic E-state index is 3.67. The Morgan fingerprint density at radius 1 is 0.472 bits per heavy atom. The van der Waals surface area contributed by atoms with Crippen LogP contribution in [0.2, 0.25) is 0 Å². The predicted molar refractivity (Wildman–Crippen MR) is 157 cm³/mol. The molecule has 36 heavy (non-hydrogen) atoms. The molecule has 0 spiro atoms. The molecule has 0 aliphatic rings. The molecule has 0 aliphatic heterocycles. The van der Waals surface area contributed by atoms with E-state index in [2.05, 4.69) is 126 Å². The van der Waals surface area contributed by atoms with E-state index in [4.69, 9.17) is 0 Å². The number of hydrogen-bond acceptors (Lipinski definition) is 1. The van der Waals surface area contributed by atoms with E-state index in [0.29, 0.717) is 0 Å². The SMILES string of the molecule is c1cc(-c2ccc3c(c2)[nH]c2ccc4ccccc4c23)cc(-c2cccc3c2sc2ccccc23)c1. The third kappa shape index (κ3) is 2.89. The fourth-order valence-corrected chi connectivity index (χ4v) is 6.94. The molecule has 2 heteroatoms. The van der Waals surface area contributed by atoms with Gasteiger partial charge in [-0.25, -0.2) is 0 Å². The fourth-order valence-electron chi connectivity index (χ4n) is 5.70. The average Bonchev–Trinajstić information content (AvgIpc) is 3.51. The second-order valence-electron chi connectivity index (χ2n) is 9.46. The zero-order chi connectivity index (χ0) is 23.6. The van der Waals surface area contributed by atoms with Gasteiger partial charge in [-0.05, 0) is 57.3 Å². The lowest BCUT2D eigenvalue weighted by atomic mass is 9.97. The Morgan fingerprint density at radius 3 is 2.22 bits per heavy atom. The van der Waals surface area contributed by atoms with Crippen molar-refractivity contribution >= 4 is 64.1 Å². The number of aromatic nitrogens is 1. The van der Waals surface area contributed by atoms with Gasteiger partial charge >= 0.3 is 0 Å². The van der Waals surface area contributed by atoms with Gasteiger partial charge in [0.2, 0.25) is 0 Å². The Kier molecular flexibility index (Phi) is 4.16. The van der Waals surface area contributed by atoms with Crippen LogP contribution in [0.1, 0.15) is 0 Å². The Balaban J connectivity index is 1.29. The van der Waals surface area contributed by atoms with Gasteiger partial charge in [0.05, 0.1) is 0 Å². The molecule has 6 aromatic carbocycles. The summed E-state index contributed by atoms with van der Waals surface area (Å²) >= 11 is 1.88. The van der Waals surface area contributed by atoms with Crippen LogP contribution in [-0.4, -0.2) is 4.98 Å². The van der Waals surface area contributed by atoms with Gasteiger partial charge in [0, 0.05) is 42.0 Å². The minimum absolute atomic E-state index is 1.18. The van der Waals surface area contributed by atoms with E-state index >= 15 is 0 Å². The van der Waals surface area contributed by atoms with Crippen molar-refractivity contribution in [3.05, 3.63) is 121 Å². The molecule has 2 aromatic heterocycles. The topological polar surface area (TPSA) is 15.8 Å². The quantitative estimate of drug-likeness (QED) is 0.256. The van der Waals surface area contributed by atoms with Crippen molar-refractivity contribution < 1.29 is 0 Å². The summed E-state index contributed by atoms with van der Waals surface area (Å²) in [6.45, 7) is 0. The van der Waals surface area contributed by atoms with Crippen LogP contribution in [0.5, 0.6) is 0 Å². The number of nitrogens with one attached hydrogen (secondary N) is 1. The molecule has 0 radical (unpaired) electrons. The summed E-state index contributed by atoms with van der Waals surface area (Å²) in [5, 5.41) is 7.83. The molecule has 8 rings (SSSR count). The zero-order valence-corrected chi connectivity index (χ0v) is 20.3. The molecule has 0 saturated heterocycles. The first-order valence-electron chi connectivity index (χ1n) is 12.3. The highest BCUT2D eigenvalue weighted by atomic mass is 32.1. The molecule has 168 valence electrons. The van der Waals surface area contributed by atoms with E-state index < -0.39 is 0 Å². The van der Waals surface area contributed by atoms with E-state index in [9.17, 15) is 0 Å². The van der Waals surface area contributed by atoms with E-state index in [-0.39, 0.29) is 0 Å². The van der Waals surface area contributed by atoms with E-state index in [0.717, 1.165) is 0 Å². The Bertz CT molecular complexity index is 2110. The minimum Gasteiger partial charge on any atom is -0.354 e. The summed E-state index contributed by atoms with van der Waals surface area (Å²) in [6, 6.07) is 44.2. The molecule has 0 unspecified atom stereocenters. The number of hydrogen-bond donors (Lipinski definition) is 1. The van der Waals surface area contributed by atoms with Gasteiger partial charge in [0.1, 0.15) is 0 Å². The number of thiophene rings is 1. The smallest absolute Gasteiger partial charge is 0.0471 e. The highest BCUT2D eigenvalue weighted by molar-refractivity contribution is 7.26. The molecule has 0 fully saturated rings. The number of rotatable bonds is 2. The highest BCUT2D eigenvalue weighted by Crippen LogP contribution is 2.41. The summed E-state index contributed by atoms with van der Waals surface area (Å²) in [7, 11) is 0. The first kappa shape index (κ1) is 19.9. The van der Waals surface area contributed by atoms with Gasteiger partial charge in [-0.2, -0.15) is 0 Å². The minimum atomic E-state index is 1.18. The van der Waals surface area contributed by atoms with Crippen LogP contribution >= 0.6 is 11.3 Å². The summed E-state index contributed by atoms with van der Waals surface area (Å²) < 4.78 is 2.70. The van der Waals surface area contributed by atoms with Crippen LogP contribution in [0.3, 0.4) is 0 Å². The average molecular weight is 476 g/mol. The standard InChI is InChI=1S/C34H21NS/c1-2-10-25-21(7-1)16-18-30-33(25)29-17-15-23(20-31(29)35-30)22-8-5-9-24(19-22)26-12-6-13-28-27-11-3-4-14-32(27)36-34(26)28/h1-20,35H. The van der Waals surface area contributed by atoms with Crippen LogP contribution < -0.4 is 0 Å². The maximum Gasteiger partial charge on any atom is 0.0471 e. The van der Waals surface area contributed by atoms with Gasteiger partial charge in [0.15, 0.2) is 0 Å². The Hall–Kier alpha value is -4.40. The van der Waals surface area contributed by atoms with Crippen molar-refractivity contribution in [1.29, 1.82) is 0 Å². The largest absolute Gasteiger partial charge is 0.354 e. The van der Waals surface area contributed by atoms with Gasteiger partial charge in [-0.3, -0.25) is 0 Å². The van der Waals surface area contributed by atoms with Crippen molar-refractivity contribution in [2.24, 2.45) is 0 Å². The third-order valence-electron chi connectivity index (χ3n) is 7.40. The summed E-state index contributed by atoms with van der Waals surface area (Å²) in [6.07, 6.45) is 0. The number of benzene rings is 6. The monoisotopic (exact) mass is 475 g/mol. The normalized spacial score (nSPS) is 11.9. The lowest BCUT2D eigenvalue weighted by Crippen LogP contribution is -1.82. The molecule has 0 saturated carbocycles. The zero-order valence-electron chi connectivity index (χ0n) is 19.5. The Labute approximate surface area is 212 Å². The molecule has 8 aromatic rings. The van der Waals surface area contributed by atoms with E-state index in [1.54, 1.807) is 0 Å². The molecule has 0 atom stereocenters. The molecular formula is C34H21NS. The second kappa shape index (κ2) is 7.55. The van der Waals surface area contributed by atoms with Crippen molar-refractivity contribution in [2.45, 2.75) is 0 Å². The van der Waals surface area contributed by atoms with Crippen LogP contribution in [0.15, 0.2) is 121 Å². The van der Waals surface area contributed by atoms with E-state index in [1.165, 1.54) is 75.0 Å². The first-order chi connectivity index (χ1) is 17.8. The summed E-state index contributed by atoms with van der Waals surface area (Å²) in [4.78, 5) is 3.67. The van der Waals surface area contributed by atoms with Gasteiger partial charge in [-0.1, -0.05) is 97.1 Å². The second-order valence-corrected chi connectivity index (χ2v) is 10.5. The number of fused-ring (bicyclic) bond motifs is 8. The first-order valence-corrected chi connectivity index (χ1v) is 13.1. The molecule has 0 aliphatic carbocycles. The lowest BCUT2D eigenvalue weighted by molar-refractivity contribution is 1.54. The van der Waals surface area contributed by atoms with E-state index in [1.807, 2.05) is 11.3 Å². The number of H-pyrrole nitrogens is 1. The lowest BCUT2D eigenvalue weighted by Gasteiger charge is -2.08. The van der Waals surface area contributed by atoms with Crippen LogP contribution in [-0.2, 0) is 0 Å². The van der Waals surface area contributed by atoms with Crippen molar-refractivity contribution in [2.75, 3.05) is 0 Å². The van der Waals surface area contributed by atoms with Gasteiger partial charge in [-0.15, -0.1) is 11.3 Å². The molecule has 0 bridgehead atoms. The fraction of sp³-hybridized carbons (Fsp3) is 0. The van der Waals surface area contributed by atoms with Crippen molar-refractivity contribution in [3.8, 4) is 22.3 Å². The number of aromatic amines is 1. The van der Waals surface area contributed by atoms with Gasteiger partial charge < -0.3 is 4.98 Å². The van der Waals surface area contributed by atoms with Gasteiger partial charge in [0.25, 0.3) is 0 Å². The maximum absolute atomic E-state index is 3.67. The summed E-state index contributed by atoms with van der Waals surface area (Å²) in [5.74, 6) is 0. The van der Waals surface area contributed by atoms with Crippen molar-refractivity contribution in [1.82, 2.24) is 4.98 Å². The molecule has 1 nitrogen and oxygen atoms in total. The molecule has 2 heterocycles. The van der Waals surface area contributed by atoms with Crippen LogP contribution in [0.25, 0.3) is 75.0 Å². The molecular weight excluding hydrogens is 454 g/mol. The Morgan fingerprint density at radius 2 is 1.25 bits per heavy atom. The molecule has 1 N–H and O–H groups in total. The third-order valence-corrected chi connectivity index (χ3v) is 8.62. The molecule has 0 amide bonds. The highest BCUT2D eigenvalue weighted by Gasteiger charge is 2.12. The van der Waals surface area contributed by atoms with Crippen LogP contribution in [0.4, 0.5) is 0 Å². The predicted octanol–water partition coefficient (Wildman–Crippen LogP) is 10.2.